The second-order valence-electron chi connectivity index (χ2n) is 7.25. The summed E-state index contributed by atoms with van der Waals surface area (Å²) in [4.78, 5) is 34.9. The summed E-state index contributed by atoms with van der Waals surface area (Å²) in [6.07, 6.45) is 2.45. The molecule has 0 saturated heterocycles. The van der Waals surface area contributed by atoms with Gasteiger partial charge < -0.3 is 10.8 Å². The third kappa shape index (κ3) is 4.35. The molecule has 0 aliphatic rings. The number of amides is 2. The van der Waals surface area contributed by atoms with Crippen LogP contribution in [0, 0.1) is 0 Å². The lowest BCUT2D eigenvalue weighted by Gasteiger charge is -2.19. The zero-order valence-corrected chi connectivity index (χ0v) is 17.8. The van der Waals surface area contributed by atoms with E-state index in [4.69, 9.17) is 5.73 Å². The van der Waals surface area contributed by atoms with Gasteiger partial charge in [0.2, 0.25) is 0 Å². The minimum atomic E-state index is -0.505. The van der Waals surface area contributed by atoms with Crippen LogP contribution in [0.4, 0.5) is 5.82 Å². The Bertz CT molecular complexity index is 1320. The molecule has 0 aliphatic carbocycles. The number of nitrogens with two attached hydrogens (primary N) is 1. The van der Waals surface area contributed by atoms with Crippen molar-refractivity contribution < 1.29 is 14.7 Å². The van der Waals surface area contributed by atoms with E-state index in [2.05, 4.69) is 21.6 Å². The average Bonchev–Trinajstić information content (AvgIpc) is 3.24. The highest BCUT2D eigenvalue weighted by molar-refractivity contribution is 6.07. The number of aromatic nitrogens is 4. The Kier molecular flexibility index (Phi) is 6.23. The molecule has 0 aliphatic heterocycles. The van der Waals surface area contributed by atoms with Crippen molar-refractivity contribution in [1.82, 2.24) is 24.6 Å². The molecule has 0 atom stereocenters. The minimum Gasteiger partial charge on any atom is -0.392 e. The van der Waals surface area contributed by atoms with E-state index in [1.165, 1.54) is 6.33 Å². The summed E-state index contributed by atoms with van der Waals surface area (Å²) in [7, 11) is 0. The van der Waals surface area contributed by atoms with Gasteiger partial charge in [0.25, 0.3) is 11.8 Å². The van der Waals surface area contributed by atoms with Gasteiger partial charge in [-0.3, -0.25) is 14.5 Å². The van der Waals surface area contributed by atoms with Crippen molar-refractivity contribution in [2.45, 2.75) is 13.2 Å². The first-order valence-corrected chi connectivity index (χ1v) is 10.2. The number of hydrogen-bond donors (Lipinski definition) is 2. The molecule has 166 valence electrons. The highest BCUT2D eigenvalue weighted by atomic mass is 16.3. The molecule has 2 amide bonds. The van der Waals surface area contributed by atoms with Crippen molar-refractivity contribution >= 4 is 28.7 Å². The summed E-state index contributed by atoms with van der Waals surface area (Å²) >= 11 is 0. The first kappa shape index (κ1) is 21.8. The largest absolute Gasteiger partial charge is 0.392 e. The van der Waals surface area contributed by atoms with Gasteiger partial charge in [-0.15, -0.1) is 0 Å². The molecule has 2 heterocycles. The van der Waals surface area contributed by atoms with Crippen LogP contribution >= 0.6 is 0 Å². The van der Waals surface area contributed by atoms with E-state index in [9.17, 15) is 14.7 Å². The topological polar surface area (TPSA) is 127 Å². The molecule has 2 aromatic heterocycles. The molecular weight excluding hydrogens is 420 g/mol. The Balaban J connectivity index is 1.69. The van der Waals surface area contributed by atoms with E-state index in [1.54, 1.807) is 47.1 Å². The number of anilines is 1. The van der Waals surface area contributed by atoms with Crippen molar-refractivity contribution in [2.75, 3.05) is 12.3 Å². The maximum atomic E-state index is 12.9. The number of carbonyl (C=O) groups is 2. The van der Waals surface area contributed by atoms with E-state index in [0.29, 0.717) is 22.3 Å². The van der Waals surface area contributed by atoms with Gasteiger partial charge in [0.15, 0.2) is 5.65 Å². The average molecular weight is 442 g/mol. The van der Waals surface area contributed by atoms with Crippen molar-refractivity contribution in [1.29, 1.82) is 0 Å². The van der Waals surface area contributed by atoms with Gasteiger partial charge in [-0.1, -0.05) is 49.0 Å². The van der Waals surface area contributed by atoms with Crippen LogP contribution in [0.2, 0.25) is 0 Å². The van der Waals surface area contributed by atoms with Crippen molar-refractivity contribution in [2.24, 2.45) is 0 Å². The van der Waals surface area contributed by atoms with Crippen molar-refractivity contribution in [3.05, 3.63) is 84.7 Å². The van der Waals surface area contributed by atoms with Gasteiger partial charge in [-0.05, 0) is 23.8 Å². The zero-order valence-electron chi connectivity index (χ0n) is 17.8. The van der Waals surface area contributed by atoms with Crippen molar-refractivity contribution in [3.63, 3.8) is 0 Å². The highest BCUT2D eigenvalue weighted by Crippen LogP contribution is 2.30. The van der Waals surface area contributed by atoms with Gasteiger partial charge in [-0.2, -0.15) is 5.10 Å². The second-order valence-corrected chi connectivity index (χ2v) is 7.25. The number of imide groups is 1. The summed E-state index contributed by atoms with van der Waals surface area (Å²) in [6, 6.07) is 15.8. The predicted octanol–water partition coefficient (Wildman–Crippen LogP) is 2.42. The minimum absolute atomic E-state index is 0.0577. The molecular formula is C24H22N6O3. The second kappa shape index (κ2) is 9.41. The van der Waals surface area contributed by atoms with Gasteiger partial charge in [0.1, 0.15) is 17.8 Å². The highest BCUT2D eigenvalue weighted by Gasteiger charge is 2.22. The van der Waals surface area contributed by atoms with E-state index in [1.807, 2.05) is 12.1 Å². The Morgan fingerprint density at radius 3 is 2.48 bits per heavy atom. The number of nitrogens with zero attached hydrogens (tertiary/aromatic N) is 5. The Hall–Kier alpha value is -4.37. The number of nitrogen functional groups attached to an aromatic ring is 1. The molecule has 33 heavy (non-hydrogen) atoms. The van der Waals surface area contributed by atoms with Crippen LogP contribution in [-0.4, -0.2) is 48.1 Å². The van der Waals surface area contributed by atoms with Crippen LogP contribution in [-0.2, 0) is 17.9 Å². The molecule has 9 nitrogen and oxygen atoms in total. The Labute approximate surface area is 189 Å². The third-order valence-corrected chi connectivity index (χ3v) is 5.21. The van der Waals surface area contributed by atoms with Crippen LogP contribution in [0.25, 0.3) is 22.3 Å². The molecule has 4 rings (SSSR count). The van der Waals surface area contributed by atoms with Gasteiger partial charge >= 0.3 is 0 Å². The number of aliphatic hydroxyl groups excluding tert-OH is 1. The first-order valence-electron chi connectivity index (χ1n) is 10.2. The van der Waals surface area contributed by atoms with E-state index < -0.39 is 11.8 Å². The fraction of sp³-hybridized carbons (Fsp3) is 0.125. The maximum Gasteiger partial charge on any atom is 0.260 e. The molecule has 0 saturated carbocycles. The van der Waals surface area contributed by atoms with Gasteiger partial charge in [-0.25, -0.2) is 14.6 Å². The zero-order chi connectivity index (χ0) is 23.4. The quantitative estimate of drug-likeness (QED) is 0.421. The van der Waals surface area contributed by atoms with Crippen LogP contribution in [0.5, 0.6) is 0 Å². The lowest BCUT2D eigenvalue weighted by atomic mass is 10.1. The Morgan fingerprint density at radius 2 is 1.82 bits per heavy atom. The summed E-state index contributed by atoms with van der Waals surface area (Å²) in [5.74, 6) is -0.660. The van der Waals surface area contributed by atoms with Crippen LogP contribution < -0.4 is 5.73 Å². The van der Waals surface area contributed by atoms with Crippen LogP contribution in [0.15, 0.2) is 73.6 Å². The first-order chi connectivity index (χ1) is 16.0. The summed E-state index contributed by atoms with van der Waals surface area (Å²) in [5.41, 5.74) is 9.14. The maximum absolute atomic E-state index is 12.9. The normalized spacial score (nSPS) is 10.8. The molecule has 4 aromatic rings. The Morgan fingerprint density at radius 1 is 1.09 bits per heavy atom. The monoisotopic (exact) mass is 442 g/mol. The van der Waals surface area contributed by atoms with E-state index in [0.717, 1.165) is 22.1 Å². The lowest BCUT2D eigenvalue weighted by molar-refractivity contribution is -0.123. The number of carbonyl (C=O) groups excluding carboxylic acids is 2. The van der Waals surface area contributed by atoms with E-state index in [-0.39, 0.29) is 25.5 Å². The summed E-state index contributed by atoms with van der Waals surface area (Å²) in [5, 5.41) is 14.5. The molecule has 9 heteroatoms. The number of fused-ring (bicyclic) bond motifs is 1. The molecule has 3 N–H and O–H groups in total. The molecule has 0 radical (unpaired) electrons. The van der Waals surface area contributed by atoms with E-state index >= 15 is 0 Å². The number of rotatable bonds is 7. The fourth-order valence-corrected chi connectivity index (χ4v) is 3.51. The standard InChI is InChI=1S/C24H22N6O3/c1-2-19(32)29(24(33)18-6-4-3-5-7-18)12-13-30-23-20(22(25)26-15-27-23)21(28-30)17-10-8-16(14-31)9-11-17/h2-11,15,31H,1,12-14H2,(H2,25,26,27). The lowest BCUT2D eigenvalue weighted by Crippen LogP contribution is -2.38. The third-order valence-electron chi connectivity index (χ3n) is 5.21. The molecule has 2 aromatic carbocycles. The SMILES string of the molecule is C=CC(=O)N(CCn1nc(-c2ccc(CO)cc2)c2c(N)ncnc21)C(=O)c1ccccc1. The smallest absolute Gasteiger partial charge is 0.260 e. The van der Waals surface area contributed by atoms with Crippen molar-refractivity contribution in [3.8, 4) is 11.3 Å². The molecule has 0 spiro atoms. The molecule has 0 bridgehead atoms. The van der Waals surface area contributed by atoms with Gasteiger partial charge in [0.05, 0.1) is 18.5 Å². The summed E-state index contributed by atoms with van der Waals surface area (Å²) in [6.45, 7) is 3.70. The predicted molar refractivity (Wildman–Crippen MR) is 124 cm³/mol. The van der Waals surface area contributed by atoms with Gasteiger partial charge in [0, 0.05) is 17.7 Å². The number of benzene rings is 2. The summed E-state index contributed by atoms with van der Waals surface area (Å²) < 4.78 is 1.60. The number of aliphatic hydroxyl groups is 1. The van der Waals surface area contributed by atoms with Crippen LogP contribution in [0.1, 0.15) is 15.9 Å². The van der Waals surface area contributed by atoms with Crippen LogP contribution in [0.3, 0.4) is 0 Å². The number of hydrogen-bond acceptors (Lipinski definition) is 7. The molecule has 0 unspecified atom stereocenters. The molecule has 0 fully saturated rings. The fourth-order valence-electron chi connectivity index (χ4n) is 3.51.